The number of hydrazine groups is 1. The van der Waals surface area contributed by atoms with Gasteiger partial charge < -0.3 is 5.32 Å². The van der Waals surface area contributed by atoms with E-state index in [4.69, 9.17) is 17.4 Å². The highest BCUT2D eigenvalue weighted by molar-refractivity contribution is 6.31. The normalized spacial score (nSPS) is 11.8. The lowest BCUT2D eigenvalue weighted by molar-refractivity contribution is 0.663. The molecule has 0 unspecified atom stereocenters. The molecule has 5 heteroatoms. The molecule has 94 valence electrons. The van der Waals surface area contributed by atoms with Crippen LogP contribution in [0.2, 0.25) is 5.02 Å². The second-order valence-electron chi connectivity index (χ2n) is 4.32. The predicted molar refractivity (Wildman–Crippen MR) is 74.3 cm³/mol. The summed E-state index contributed by atoms with van der Waals surface area (Å²) in [5.74, 6) is 6.43. The molecule has 0 aliphatic heterocycles. The highest BCUT2D eigenvalue weighted by atomic mass is 35.5. The van der Waals surface area contributed by atoms with Gasteiger partial charge in [-0.3, -0.25) is 10.4 Å². The number of benzene rings is 1. The fourth-order valence-corrected chi connectivity index (χ4v) is 1.38. The molecule has 4 nitrogen and oxygen atoms in total. The minimum atomic E-state index is 0.488. The van der Waals surface area contributed by atoms with Crippen LogP contribution < -0.4 is 16.6 Å². The van der Waals surface area contributed by atoms with Crippen molar-refractivity contribution < 1.29 is 0 Å². The summed E-state index contributed by atoms with van der Waals surface area (Å²) < 4.78 is 0. The Labute approximate surface area is 107 Å². The molecule has 0 fully saturated rings. The van der Waals surface area contributed by atoms with Gasteiger partial charge in [0.1, 0.15) is 0 Å². The van der Waals surface area contributed by atoms with Crippen LogP contribution in [0.3, 0.4) is 0 Å². The maximum Gasteiger partial charge on any atom is 0.210 e. The number of nitrogens with two attached hydrogens (primary N) is 1. The van der Waals surface area contributed by atoms with Gasteiger partial charge in [0, 0.05) is 17.3 Å². The number of rotatable bonds is 3. The number of hydrogen-bond donors (Lipinski definition) is 3. The number of nitrogens with one attached hydrogen (secondary N) is 2. The first-order valence-corrected chi connectivity index (χ1v) is 5.95. The van der Waals surface area contributed by atoms with Crippen LogP contribution in [0.1, 0.15) is 19.4 Å². The Hall–Kier alpha value is -1.26. The van der Waals surface area contributed by atoms with Crippen molar-refractivity contribution in [2.75, 3.05) is 11.9 Å². The van der Waals surface area contributed by atoms with Crippen LogP contribution in [0.15, 0.2) is 23.2 Å². The van der Waals surface area contributed by atoms with Crippen molar-refractivity contribution in [1.82, 2.24) is 5.43 Å². The summed E-state index contributed by atoms with van der Waals surface area (Å²) in [5.41, 5.74) is 4.44. The zero-order valence-electron chi connectivity index (χ0n) is 10.4. The van der Waals surface area contributed by atoms with Crippen molar-refractivity contribution in [3.63, 3.8) is 0 Å². The van der Waals surface area contributed by atoms with Gasteiger partial charge in [-0.05, 0) is 30.5 Å². The van der Waals surface area contributed by atoms with Gasteiger partial charge in [0.05, 0.1) is 0 Å². The number of halogens is 1. The van der Waals surface area contributed by atoms with Crippen LogP contribution in [0.25, 0.3) is 0 Å². The van der Waals surface area contributed by atoms with Gasteiger partial charge in [-0.2, -0.15) is 0 Å². The molecule has 4 N–H and O–H groups in total. The summed E-state index contributed by atoms with van der Waals surface area (Å²) in [5, 5.41) is 3.80. The minimum Gasteiger partial charge on any atom is -0.325 e. The van der Waals surface area contributed by atoms with Crippen molar-refractivity contribution in [2.45, 2.75) is 20.8 Å². The third-order valence-corrected chi connectivity index (χ3v) is 2.59. The van der Waals surface area contributed by atoms with E-state index in [1.54, 1.807) is 0 Å². The average molecular weight is 255 g/mol. The van der Waals surface area contributed by atoms with E-state index in [0.29, 0.717) is 18.4 Å². The fraction of sp³-hybridized carbons (Fsp3) is 0.417. The predicted octanol–water partition coefficient (Wildman–Crippen LogP) is 2.54. The standard InChI is InChI=1S/C12H19ClN4/c1-8(2)7-15-12(17-14)16-10-5-4-9(3)11(13)6-10/h4-6,8H,7,14H2,1-3H3,(H2,15,16,17). The molecule has 0 heterocycles. The largest absolute Gasteiger partial charge is 0.325 e. The Balaban J connectivity index is 2.73. The Morgan fingerprint density at radius 3 is 2.71 bits per heavy atom. The zero-order chi connectivity index (χ0) is 12.8. The Bertz CT molecular complexity index is 401. The molecule has 0 aliphatic rings. The molecule has 0 radical (unpaired) electrons. The van der Waals surface area contributed by atoms with E-state index in [0.717, 1.165) is 16.3 Å². The molecular weight excluding hydrogens is 236 g/mol. The summed E-state index contributed by atoms with van der Waals surface area (Å²) >= 11 is 6.04. The van der Waals surface area contributed by atoms with Crippen LogP contribution in [-0.2, 0) is 0 Å². The molecule has 1 rings (SSSR count). The molecule has 0 spiro atoms. The van der Waals surface area contributed by atoms with Crippen LogP contribution in [0, 0.1) is 12.8 Å². The number of nitrogens with zero attached hydrogens (tertiary/aromatic N) is 1. The third kappa shape index (κ3) is 4.63. The fourth-order valence-electron chi connectivity index (χ4n) is 1.20. The Morgan fingerprint density at radius 1 is 1.47 bits per heavy atom. The number of anilines is 1. The monoisotopic (exact) mass is 254 g/mol. The Kier molecular flexibility index (Phi) is 5.25. The van der Waals surface area contributed by atoms with Crippen molar-refractivity contribution in [3.8, 4) is 0 Å². The molecular formula is C12H19ClN4. The van der Waals surface area contributed by atoms with Crippen LogP contribution in [0.5, 0.6) is 0 Å². The maximum absolute atomic E-state index is 6.04. The molecule has 0 saturated carbocycles. The molecule has 0 atom stereocenters. The maximum atomic E-state index is 6.04. The Morgan fingerprint density at radius 2 is 2.18 bits per heavy atom. The summed E-state index contributed by atoms with van der Waals surface area (Å²) in [4.78, 5) is 4.32. The summed E-state index contributed by atoms with van der Waals surface area (Å²) in [6.45, 7) is 6.87. The lowest BCUT2D eigenvalue weighted by Crippen LogP contribution is -2.36. The van der Waals surface area contributed by atoms with Gasteiger partial charge >= 0.3 is 0 Å². The lowest BCUT2D eigenvalue weighted by Gasteiger charge is -2.11. The summed E-state index contributed by atoms with van der Waals surface area (Å²) in [6, 6.07) is 5.73. The molecule has 0 aromatic heterocycles. The second kappa shape index (κ2) is 6.47. The molecule has 1 aromatic rings. The molecule has 0 bridgehead atoms. The van der Waals surface area contributed by atoms with Gasteiger partial charge in [0.25, 0.3) is 0 Å². The van der Waals surface area contributed by atoms with Gasteiger partial charge in [-0.25, -0.2) is 5.84 Å². The van der Waals surface area contributed by atoms with Crippen LogP contribution in [0.4, 0.5) is 5.69 Å². The lowest BCUT2D eigenvalue weighted by atomic mass is 10.2. The minimum absolute atomic E-state index is 0.488. The van der Waals surface area contributed by atoms with Gasteiger partial charge in [0.15, 0.2) is 0 Å². The van der Waals surface area contributed by atoms with Crippen LogP contribution >= 0.6 is 11.6 Å². The van der Waals surface area contributed by atoms with Gasteiger partial charge in [-0.1, -0.05) is 31.5 Å². The van der Waals surface area contributed by atoms with Crippen molar-refractivity contribution in [1.29, 1.82) is 0 Å². The zero-order valence-corrected chi connectivity index (χ0v) is 11.2. The number of aryl methyl sites for hydroxylation is 1. The second-order valence-corrected chi connectivity index (χ2v) is 4.72. The molecule has 0 amide bonds. The van der Waals surface area contributed by atoms with Crippen LogP contribution in [-0.4, -0.2) is 12.5 Å². The molecule has 0 saturated heterocycles. The first kappa shape index (κ1) is 13.8. The number of guanidine groups is 1. The smallest absolute Gasteiger partial charge is 0.210 e. The highest BCUT2D eigenvalue weighted by Crippen LogP contribution is 2.19. The molecule has 1 aromatic carbocycles. The third-order valence-electron chi connectivity index (χ3n) is 2.19. The van der Waals surface area contributed by atoms with Crippen molar-refractivity contribution in [2.24, 2.45) is 16.8 Å². The van der Waals surface area contributed by atoms with E-state index < -0.39 is 0 Å². The van der Waals surface area contributed by atoms with Crippen molar-refractivity contribution in [3.05, 3.63) is 28.8 Å². The topological polar surface area (TPSA) is 62.4 Å². The van der Waals surface area contributed by atoms with Crippen molar-refractivity contribution >= 4 is 23.2 Å². The van der Waals surface area contributed by atoms with Gasteiger partial charge in [-0.15, -0.1) is 0 Å². The van der Waals surface area contributed by atoms with E-state index in [2.05, 4.69) is 29.6 Å². The molecule has 17 heavy (non-hydrogen) atoms. The van der Waals surface area contributed by atoms with E-state index in [-0.39, 0.29) is 0 Å². The number of aliphatic imine (C=N–C) groups is 1. The SMILES string of the molecule is Cc1ccc(NC(=NCC(C)C)NN)cc1Cl. The first-order valence-electron chi connectivity index (χ1n) is 5.57. The van der Waals surface area contributed by atoms with E-state index >= 15 is 0 Å². The van der Waals surface area contributed by atoms with E-state index in [1.807, 2.05) is 25.1 Å². The average Bonchev–Trinajstić information content (AvgIpc) is 2.28. The summed E-state index contributed by atoms with van der Waals surface area (Å²) in [6.07, 6.45) is 0. The van der Waals surface area contributed by atoms with E-state index in [9.17, 15) is 0 Å². The van der Waals surface area contributed by atoms with E-state index in [1.165, 1.54) is 0 Å². The summed E-state index contributed by atoms with van der Waals surface area (Å²) in [7, 11) is 0. The highest BCUT2D eigenvalue weighted by Gasteiger charge is 2.01. The first-order chi connectivity index (χ1) is 8.02. The number of hydrogen-bond acceptors (Lipinski definition) is 2. The quantitative estimate of drug-likeness (QED) is 0.336. The van der Waals surface area contributed by atoms with Gasteiger partial charge in [0.2, 0.25) is 5.96 Å². The molecule has 0 aliphatic carbocycles.